The number of fused-ring (bicyclic) bond motifs is 1. The van der Waals surface area contributed by atoms with Gasteiger partial charge in [-0.2, -0.15) is 0 Å². The number of halogens is 3. The Morgan fingerprint density at radius 3 is 2.71 bits per heavy atom. The molecule has 5 heteroatoms. The molecule has 0 fully saturated rings. The fraction of sp³-hybridized carbons (Fsp3) is 0.250. The van der Waals surface area contributed by atoms with E-state index in [0.29, 0.717) is 17.9 Å². The van der Waals surface area contributed by atoms with Gasteiger partial charge in [0.05, 0.1) is 11.6 Å². The molecule has 0 amide bonds. The molecule has 1 aliphatic heterocycles. The molecular formula is C16H13Cl2FO2. The zero-order valence-corrected chi connectivity index (χ0v) is 12.8. The van der Waals surface area contributed by atoms with Crippen molar-refractivity contribution in [2.45, 2.75) is 18.9 Å². The molecule has 110 valence electrons. The Balaban J connectivity index is 2.18. The van der Waals surface area contributed by atoms with Crippen LogP contribution in [0.15, 0.2) is 30.3 Å². The highest BCUT2D eigenvalue weighted by atomic mass is 35.5. The first-order valence-electron chi connectivity index (χ1n) is 6.54. The number of aliphatic hydroxyl groups is 1. The molecular weight excluding hydrogens is 314 g/mol. The van der Waals surface area contributed by atoms with E-state index in [1.807, 2.05) is 12.1 Å². The van der Waals surface area contributed by atoms with E-state index >= 15 is 0 Å². The summed E-state index contributed by atoms with van der Waals surface area (Å²) in [5.74, 6) is 0.0266. The molecule has 0 bridgehead atoms. The summed E-state index contributed by atoms with van der Waals surface area (Å²) in [6.07, 6.45) is 0.794. The van der Waals surface area contributed by atoms with Crippen molar-refractivity contribution >= 4 is 23.2 Å². The topological polar surface area (TPSA) is 29.5 Å². The smallest absolute Gasteiger partial charge is 0.142 e. The molecule has 1 heterocycles. The third-order valence-electron chi connectivity index (χ3n) is 3.77. The van der Waals surface area contributed by atoms with Gasteiger partial charge in [-0.15, -0.1) is 0 Å². The van der Waals surface area contributed by atoms with Crippen LogP contribution in [0.4, 0.5) is 4.39 Å². The van der Waals surface area contributed by atoms with Gasteiger partial charge in [0.25, 0.3) is 0 Å². The fourth-order valence-corrected chi connectivity index (χ4v) is 3.21. The zero-order valence-electron chi connectivity index (χ0n) is 11.3. The second-order valence-electron chi connectivity index (χ2n) is 5.21. The molecule has 1 aliphatic rings. The molecule has 0 spiro atoms. The lowest BCUT2D eigenvalue weighted by Gasteiger charge is -2.27. The Morgan fingerprint density at radius 2 is 1.95 bits per heavy atom. The van der Waals surface area contributed by atoms with E-state index in [2.05, 4.69) is 0 Å². The molecule has 0 saturated heterocycles. The summed E-state index contributed by atoms with van der Waals surface area (Å²) in [6, 6.07) is 8.02. The van der Waals surface area contributed by atoms with E-state index in [1.54, 1.807) is 13.0 Å². The van der Waals surface area contributed by atoms with Crippen LogP contribution in [0.2, 0.25) is 10.0 Å². The minimum Gasteiger partial charge on any atom is -0.493 e. The van der Waals surface area contributed by atoms with Gasteiger partial charge in [0, 0.05) is 22.6 Å². The molecule has 0 aromatic heterocycles. The number of hydrogen-bond donors (Lipinski definition) is 1. The molecule has 2 nitrogen and oxygen atoms in total. The van der Waals surface area contributed by atoms with Gasteiger partial charge in [-0.25, -0.2) is 4.39 Å². The van der Waals surface area contributed by atoms with Gasteiger partial charge in [-0.3, -0.25) is 0 Å². The van der Waals surface area contributed by atoms with E-state index in [9.17, 15) is 9.50 Å². The number of ether oxygens (including phenoxy) is 1. The number of hydrogen-bond acceptors (Lipinski definition) is 2. The Bertz CT molecular complexity index is 714. The van der Waals surface area contributed by atoms with Gasteiger partial charge < -0.3 is 9.84 Å². The van der Waals surface area contributed by atoms with Gasteiger partial charge in [-0.05, 0) is 24.6 Å². The van der Waals surface area contributed by atoms with Crippen LogP contribution in [0.5, 0.6) is 5.75 Å². The lowest BCUT2D eigenvalue weighted by molar-refractivity contribution is 0.0985. The van der Waals surface area contributed by atoms with Crippen LogP contribution in [0, 0.1) is 5.82 Å². The molecule has 2 aromatic rings. The fourth-order valence-electron chi connectivity index (χ4n) is 2.64. The van der Waals surface area contributed by atoms with Crippen LogP contribution in [0.3, 0.4) is 0 Å². The Kier molecular flexibility index (Phi) is 3.60. The van der Waals surface area contributed by atoms with Gasteiger partial charge in [0.15, 0.2) is 0 Å². The van der Waals surface area contributed by atoms with Gasteiger partial charge in [0.2, 0.25) is 0 Å². The van der Waals surface area contributed by atoms with Crippen molar-refractivity contribution in [3.63, 3.8) is 0 Å². The molecule has 1 N–H and O–H groups in total. The lowest BCUT2D eigenvalue weighted by Crippen LogP contribution is -2.24. The van der Waals surface area contributed by atoms with Crippen molar-refractivity contribution in [2.24, 2.45) is 0 Å². The summed E-state index contributed by atoms with van der Waals surface area (Å²) in [5.41, 5.74) is 0.382. The maximum atomic E-state index is 13.7. The monoisotopic (exact) mass is 326 g/mol. The highest BCUT2D eigenvalue weighted by molar-refractivity contribution is 6.35. The molecule has 1 atom stereocenters. The summed E-state index contributed by atoms with van der Waals surface area (Å²) < 4.78 is 19.4. The first kappa shape index (κ1) is 14.6. The normalized spacial score (nSPS) is 16.2. The highest BCUT2D eigenvalue weighted by Crippen LogP contribution is 2.42. The molecule has 3 rings (SSSR count). The highest BCUT2D eigenvalue weighted by Gasteiger charge is 2.34. The van der Waals surface area contributed by atoms with Crippen LogP contribution >= 0.6 is 23.2 Å². The predicted octanol–water partition coefficient (Wildman–Crippen LogP) is 4.32. The van der Waals surface area contributed by atoms with Crippen molar-refractivity contribution < 1.29 is 14.2 Å². The number of benzene rings is 2. The van der Waals surface area contributed by atoms with E-state index < -0.39 is 11.4 Å². The minimum atomic E-state index is -1.47. The summed E-state index contributed by atoms with van der Waals surface area (Å²) in [4.78, 5) is 0. The van der Waals surface area contributed by atoms with Crippen LogP contribution in [-0.4, -0.2) is 11.7 Å². The summed E-state index contributed by atoms with van der Waals surface area (Å²) in [7, 11) is 0. The zero-order chi connectivity index (χ0) is 15.2. The Morgan fingerprint density at radius 1 is 1.19 bits per heavy atom. The summed E-state index contributed by atoms with van der Waals surface area (Å²) in [5, 5.41) is 11.1. The van der Waals surface area contributed by atoms with Crippen molar-refractivity contribution in [2.75, 3.05) is 6.61 Å². The molecule has 0 radical (unpaired) electrons. The quantitative estimate of drug-likeness (QED) is 0.832. The van der Waals surface area contributed by atoms with Crippen LogP contribution < -0.4 is 4.74 Å². The standard InChI is InChI=1S/C16H13Cl2FO2/c1-16(20,11-7-14(19)13(18)8-12(11)17)10-4-2-3-9-5-6-21-15(9)10/h2-4,7-8,20H,5-6H2,1H3. The van der Waals surface area contributed by atoms with Gasteiger partial charge in [-0.1, -0.05) is 41.4 Å². The average Bonchev–Trinajstić information content (AvgIpc) is 2.90. The van der Waals surface area contributed by atoms with E-state index in [-0.39, 0.29) is 15.6 Å². The SMILES string of the molecule is CC(O)(c1cc(F)c(Cl)cc1Cl)c1cccc2c1OCC2. The summed E-state index contributed by atoms with van der Waals surface area (Å²) >= 11 is 11.8. The maximum absolute atomic E-state index is 13.7. The van der Waals surface area contributed by atoms with Crippen molar-refractivity contribution in [3.8, 4) is 5.75 Å². The van der Waals surface area contributed by atoms with E-state index in [4.69, 9.17) is 27.9 Å². The Hall–Kier alpha value is -1.29. The second-order valence-corrected chi connectivity index (χ2v) is 6.03. The first-order chi connectivity index (χ1) is 9.91. The van der Waals surface area contributed by atoms with Gasteiger partial charge >= 0.3 is 0 Å². The van der Waals surface area contributed by atoms with E-state index in [1.165, 1.54) is 12.1 Å². The van der Waals surface area contributed by atoms with Crippen LogP contribution in [0.25, 0.3) is 0 Å². The van der Waals surface area contributed by atoms with Gasteiger partial charge in [0.1, 0.15) is 17.2 Å². The Labute approximate surface area is 132 Å². The third kappa shape index (κ3) is 2.39. The second kappa shape index (κ2) is 5.16. The average molecular weight is 327 g/mol. The number of rotatable bonds is 2. The van der Waals surface area contributed by atoms with E-state index in [0.717, 1.165) is 12.0 Å². The first-order valence-corrected chi connectivity index (χ1v) is 7.29. The molecule has 0 aliphatic carbocycles. The van der Waals surface area contributed by atoms with Crippen molar-refractivity contribution in [1.82, 2.24) is 0 Å². The number of para-hydroxylation sites is 1. The summed E-state index contributed by atoms with van der Waals surface area (Å²) in [6.45, 7) is 2.14. The maximum Gasteiger partial charge on any atom is 0.142 e. The minimum absolute atomic E-state index is 0.0749. The van der Waals surface area contributed by atoms with Crippen LogP contribution in [0.1, 0.15) is 23.6 Å². The largest absolute Gasteiger partial charge is 0.493 e. The molecule has 0 saturated carbocycles. The lowest BCUT2D eigenvalue weighted by atomic mass is 9.86. The van der Waals surface area contributed by atoms with Crippen LogP contribution in [-0.2, 0) is 12.0 Å². The predicted molar refractivity (Wildman–Crippen MR) is 80.7 cm³/mol. The molecule has 2 aromatic carbocycles. The third-order valence-corrected chi connectivity index (χ3v) is 4.38. The molecule has 1 unspecified atom stereocenters. The van der Waals surface area contributed by atoms with Crippen molar-refractivity contribution in [3.05, 3.63) is 62.9 Å². The molecule has 21 heavy (non-hydrogen) atoms. The van der Waals surface area contributed by atoms with Crippen molar-refractivity contribution in [1.29, 1.82) is 0 Å².